The normalized spacial score (nSPS) is 24.4. The number of Topliss-reactive ketones (excluding diaryl/α,β-unsaturated/α-hetero) is 1. The van der Waals surface area contributed by atoms with E-state index in [0.29, 0.717) is 29.8 Å². The number of fused-ring (bicyclic) bond motifs is 5. The minimum Gasteiger partial charge on any atom is -0.453 e. The van der Waals surface area contributed by atoms with Gasteiger partial charge in [0.15, 0.2) is 0 Å². The monoisotopic (exact) mass is 381 g/mol. The van der Waals surface area contributed by atoms with Crippen molar-refractivity contribution in [1.82, 2.24) is 5.32 Å². The van der Waals surface area contributed by atoms with Gasteiger partial charge >= 0.3 is 6.09 Å². The average molecular weight is 381 g/mol. The summed E-state index contributed by atoms with van der Waals surface area (Å²) in [6.07, 6.45) is -0.0587. The first kappa shape index (κ1) is 18.5. The van der Waals surface area contributed by atoms with Gasteiger partial charge in [-0.3, -0.25) is 4.79 Å². The molecule has 0 saturated carbocycles. The second-order valence-corrected chi connectivity index (χ2v) is 7.53. The first-order valence-corrected chi connectivity index (χ1v) is 9.52. The molecule has 6 nitrogen and oxygen atoms in total. The smallest absolute Gasteiger partial charge is 0.408 e. The van der Waals surface area contributed by atoms with Crippen molar-refractivity contribution >= 4 is 11.9 Å². The summed E-state index contributed by atoms with van der Waals surface area (Å²) in [5, 5.41) is 14.2. The molecule has 2 aromatic carbocycles. The second-order valence-electron chi connectivity index (χ2n) is 7.53. The molecule has 6 heteroatoms. The number of alkyl carbamates (subject to hydrolysis) is 1. The molecule has 2 unspecified atom stereocenters. The lowest BCUT2D eigenvalue weighted by Crippen LogP contribution is -2.53. The molecule has 0 saturated heterocycles. The highest BCUT2D eigenvalue weighted by Crippen LogP contribution is 2.60. The molecule has 0 radical (unpaired) electrons. The third-order valence-corrected chi connectivity index (χ3v) is 5.41. The van der Waals surface area contributed by atoms with Crippen molar-refractivity contribution in [3.05, 3.63) is 64.7 Å². The standard InChI is InChI=1S/C22H23NO5/c1-4-11-23-20(25)28-21-17-10-9-14(13(2)3)12-18(17)27-22(21,26)16-8-6-5-7-15(16)19(21)24/h5-10,12-13,26H,4,11H2,1-3H3,(H,23,25). The van der Waals surface area contributed by atoms with Gasteiger partial charge in [0.05, 0.1) is 5.56 Å². The van der Waals surface area contributed by atoms with Gasteiger partial charge in [-0.25, -0.2) is 4.79 Å². The van der Waals surface area contributed by atoms with Gasteiger partial charge in [-0.15, -0.1) is 0 Å². The van der Waals surface area contributed by atoms with Crippen molar-refractivity contribution in [2.24, 2.45) is 0 Å². The van der Waals surface area contributed by atoms with Crippen LogP contribution in [0.1, 0.15) is 60.2 Å². The van der Waals surface area contributed by atoms with Gasteiger partial charge in [-0.05, 0) is 24.0 Å². The maximum Gasteiger partial charge on any atom is 0.408 e. The van der Waals surface area contributed by atoms with E-state index in [1.54, 1.807) is 36.4 Å². The van der Waals surface area contributed by atoms with E-state index in [-0.39, 0.29) is 11.5 Å². The van der Waals surface area contributed by atoms with Crippen molar-refractivity contribution in [2.45, 2.75) is 44.5 Å². The predicted octanol–water partition coefficient (Wildman–Crippen LogP) is 3.58. The first-order valence-electron chi connectivity index (χ1n) is 9.52. The molecule has 4 rings (SSSR count). The molecule has 0 bridgehead atoms. The van der Waals surface area contributed by atoms with Gasteiger partial charge in [0, 0.05) is 17.7 Å². The SMILES string of the molecule is CCCNC(=O)OC12C(=O)c3ccccc3C1(O)Oc1cc(C(C)C)ccc12. The number of ketones is 1. The molecular formula is C22H23NO5. The van der Waals surface area contributed by atoms with E-state index >= 15 is 0 Å². The lowest BCUT2D eigenvalue weighted by molar-refractivity contribution is -0.223. The van der Waals surface area contributed by atoms with Crippen molar-refractivity contribution in [1.29, 1.82) is 0 Å². The Morgan fingerprint density at radius 1 is 1.21 bits per heavy atom. The van der Waals surface area contributed by atoms with Crippen LogP contribution in [0.15, 0.2) is 42.5 Å². The van der Waals surface area contributed by atoms with Crippen LogP contribution in [0.2, 0.25) is 0 Å². The minimum atomic E-state index is -2.11. The van der Waals surface area contributed by atoms with E-state index in [0.717, 1.165) is 5.56 Å². The van der Waals surface area contributed by atoms with Gasteiger partial charge in [-0.2, -0.15) is 0 Å². The third kappa shape index (κ3) is 2.31. The summed E-state index contributed by atoms with van der Waals surface area (Å²) < 4.78 is 11.6. The van der Waals surface area contributed by atoms with Crippen LogP contribution >= 0.6 is 0 Å². The fourth-order valence-corrected chi connectivity index (χ4v) is 3.95. The zero-order valence-electron chi connectivity index (χ0n) is 16.1. The highest BCUT2D eigenvalue weighted by Gasteiger charge is 2.73. The van der Waals surface area contributed by atoms with Gasteiger partial charge in [-0.1, -0.05) is 57.2 Å². The average Bonchev–Trinajstić information content (AvgIpc) is 3.03. The van der Waals surface area contributed by atoms with Crippen LogP contribution in [0, 0.1) is 0 Å². The molecule has 2 aliphatic rings. The quantitative estimate of drug-likeness (QED) is 0.846. The Morgan fingerprint density at radius 3 is 2.68 bits per heavy atom. The van der Waals surface area contributed by atoms with E-state index in [4.69, 9.17) is 9.47 Å². The lowest BCUT2D eigenvalue weighted by Gasteiger charge is -2.33. The van der Waals surface area contributed by atoms with Crippen LogP contribution in [-0.4, -0.2) is 23.5 Å². The van der Waals surface area contributed by atoms with Crippen molar-refractivity contribution in [3.8, 4) is 5.75 Å². The zero-order chi connectivity index (χ0) is 20.1. The number of carbonyl (C=O) groups excluding carboxylic acids is 2. The van der Waals surface area contributed by atoms with Crippen LogP contribution in [0.25, 0.3) is 0 Å². The Morgan fingerprint density at radius 2 is 1.96 bits per heavy atom. The molecule has 28 heavy (non-hydrogen) atoms. The Labute approximate surface area is 163 Å². The Kier molecular flexibility index (Phi) is 4.19. The maximum atomic E-state index is 13.5. The Bertz CT molecular complexity index is 969. The number of hydrogen-bond acceptors (Lipinski definition) is 5. The summed E-state index contributed by atoms with van der Waals surface area (Å²) in [7, 11) is 0. The molecule has 1 aliphatic carbocycles. The minimum absolute atomic E-state index is 0.233. The van der Waals surface area contributed by atoms with Crippen molar-refractivity contribution in [3.63, 3.8) is 0 Å². The number of hydrogen-bond donors (Lipinski definition) is 2. The van der Waals surface area contributed by atoms with Crippen molar-refractivity contribution < 1.29 is 24.2 Å². The molecule has 0 fully saturated rings. The van der Waals surface area contributed by atoms with Gasteiger partial charge < -0.3 is 19.9 Å². The Hall–Kier alpha value is -2.86. The molecular weight excluding hydrogens is 358 g/mol. The molecule has 0 aromatic heterocycles. The third-order valence-electron chi connectivity index (χ3n) is 5.41. The number of carbonyl (C=O) groups is 2. The van der Waals surface area contributed by atoms with Crippen LogP contribution < -0.4 is 10.1 Å². The molecule has 2 N–H and O–H groups in total. The maximum absolute atomic E-state index is 13.5. The fraction of sp³-hybridized carbons (Fsp3) is 0.364. The van der Waals surface area contributed by atoms with Crippen LogP contribution in [0.3, 0.4) is 0 Å². The molecule has 2 aromatic rings. The lowest BCUT2D eigenvalue weighted by atomic mass is 9.85. The van der Waals surface area contributed by atoms with Crippen LogP contribution in [-0.2, 0) is 16.1 Å². The summed E-state index contributed by atoms with van der Waals surface area (Å²) >= 11 is 0. The van der Waals surface area contributed by atoms with E-state index < -0.39 is 23.3 Å². The largest absolute Gasteiger partial charge is 0.453 e. The summed E-state index contributed by atoms with van der Waals surface area (Å²) in [4.78, 5) is 25.9. The number of aliphatic hydroxyl groups is 1. The zero-order valence-corrected chi connectivity index (χ0v) is 16.1. The molecule has 1 heterocycles. The van der Waals surface area contributed by atoms with Crippen LogP contribution in [0.5, 0.6) is 5.75 Å². The fourth-order valence-electron chi connectivity index (χ4n) is 3.95. The van der Waals surface area contributed by atoms with Gasteiger partial charge in [0.25, 0.3) is 11.4 Å². The first-order chi connectivity index (χ1) is 13.3. The van der Waals surface area contributed by atoms with Gasteiger partial charge in [0.1, 0.15) is 5.75 Å². The highest BCUT2D eigenvalue weighted by atomic mass is 16.7. The molecule has 1 amide bonds. The predicted molar refractivity (Wildman–Crippen MR) is 102 cm³/mol. The number of benzene rings is 2. The second kappa shape index (κ2) is 6.34. The molecule has 146 valence electrons. The van der Waals surface area contributed by atoms with Gasteiger partial charge in [0.2, 0.25) is 5.78 Å². The van der Waals surface area contributed by atoms with Crippen molar-refractivity contribution in [2.75, 3.05) is 6.54 Å². The number of amides is 1. The highest BCUT2D eigenvalue weighted by molar-refractivity contribution is 6.10. The molecule has 1 aliphatic heterocycles. The van der Waals surface area contributed by atoms with E-state index in [9.17, 15) is 14.7 Å². The topological polar surface area (TPSA) is 84.9 Å². The molecule has 0 spiro atoms. The number of ether oxygens (including phenoxy) is 2. The summed E-state index contributed by atoms with van der Waals surface area (Å²) in [6.45, 7) is 6.38. The molecule has 2 atom stereocenters. The Balaban J connectivity index is 1.90. The van der Waals surface area contributed by atoms with Crippen LogP contribution in [0.4, 0.5) is 4.79 Å². The summed E-state index contributed by atoms with van der Waals surface area (Å²) in [5.41, 5.74) is -0.0438. The summed E-state index contributed by atoms with van der Waals surface area (Å²) in [6, 6.07) is 12.0. The van der Waals surface area contributed by atoms with E-state index in [1.165, 1.54) is 0 Å². The summed E-state index contributed by atoms with van der Waals surface area (Å²) in [5.74, 6) is -2.02. The van der Waals surface area contributed by atoms with E-state index in [2.05, 4.69) is 5.32 Å². The van der Waals surface area contributed by atoms with E-state index in [1.807, 2.05) is 26.8 Å². The number of rotatable bonds is 4. The number of nitrogens with one attached hydrogen (secondary N) is 1.